The summed E-state index contributed by atoms with van der Waals surface area (Å²) in [5, 5.41) is 1.11. The van der Waals surface area contributed by atoms with Gasteiger partial charge in [-0.15, -0.1) is 0 Å². The van der Waals surface area contributed by atoms with E-state index in [-0.39, 0.29) is 32.3 Å². The Hall–Kier alpha value is -2.58. The molecule has 1 aliphatic heterocycles. The molecule has 3 heterocycles. The van der Waals surface area contributed by atoms with E-state index in [9.17, 15) is 8.78 Å². The van der Waals surface area contributed by atoms with Crippen molar-refractivity contribution in [3.05, 3.63) is 59.3 Å². The van der Waals surface area contributed by atoms with Crippen molar-refractivity contribution in [1.29, 1.82) is 0 Å². The number of benzene rings is 1. The maximum atomic E-state index is 15.6. The van der Waals surface area contributed by atoms with Gasteiger partial charge in [-0.3, -0.25) is 14.3 Å². The molecule has 36 heavy (non-hydrogen) atoms. The van der Waals surface area contributed by atoms with Gasteiger partial charge in [0.2, 0.25) is 0 Å². The van der Waals surface area contributed by atoms with Crippen molar-refractivity contribution in [3.63, 3.8) is 0 Å². The van der Waals surface area contributed by atoms with Gasteiger partial charge >= 0.3 is 0 Å². The number of para-hydroxylation sites is 1. The standard InChI is InChI=1S/C28H37F3N4O.H2/c1-18(14-29)16-34(5)10-11-36-20-13-23(30)26(32-15-20)27-25-22(21-8-6-7-9-24(21)33-25)12-19(2)35(27)17-28(3,4)31;/h6-9,13,15,18-19,27,33H,10-12,14,16-17H2,1-5H3;1H/t18?,19-,27+;/m1./s1. The van der Waals surface area contributed by atoms with Crippen LogP contribution in [0.25, 0.3) is 10.9 Å². The Balaban J connectivity index is 0.00000380. The number of aromatic amines is 1. The van der Waals surface area contributed by atoms with Crippen LogP contribution in [0.15, 0.2) is 36.5 Å². The van der Waals surface area contributed by atoms with Crippen LogP contribution in [0.5, 0.6) is 5.75 Å². The van der Waals surface area contributed by atoms with E-state index in [2.05, 4.69) is 23.0 Å². The van der Waals surface area contributed by atoms with Crippen LogP contribution in [0.3, 0.4) is 0 Å². The highest BCUT2D eigenvalue weighted by Gasteiger charge is 2.40. The van der Waals surface area contributed by atoms with Crippen LogP contribution >= 0.6 is 0 Å². The van der Waals surface area contributed by atoms with Gasteiger partial charge in [-0.05, 0) is 51.8 Å². The number of rotatable bonds is 10. The number of nitrogens with zero attached hydrogens (tertiary/aromatic N) is 3. The lowest BCUT2D eigenvalue weighted by atomic mass is 9.89. The molecule has 0 saturated carbocycles. The van der Waals surface area contributed by atoms with Crippen LogP contribution in [-0.2, 0) is 6.42 Å². The SMILES string of the molecule is CC(CF)CN(C)CCOc1cnc([C@@H]2c3[nH]c4ccccc4c3C[C@@H](C)N2CC(C)(C)F)c(F)c1.[HH]. The monoisotopic (exact) mass is 504 g/mol. The van der Waals surface area contributed by atoms with Crippen LogP contribution in [0.4, 0.5) is 13.2 Å². The van der Waals surface area contributed by atoms with Gasteiger partial charge < -0.3 is 14.6 Å². The molecule has 0 saturated heterocycles. The number of fused-ring (bicyclic) bond motifs is 3. The number of pyridine rings is 1. The summed E-state index contributed by atoms with van der Waals surface area (Å²) < 4.78 is 48.9. The van der Waals surface area contributed by atoms with Crippen molar-refractivity contribution in [3.8, 4) is 5.75 Å². The molecule has 1 unspecified atom stereocenters. The number of likely N-dealkylation sites (N-methyl/N-ethyl adjacent to an activating group) is 1. The van der Waals surface area contributed by atoms with E-state index in [1.165, 1.54) is 12.3 Å². The molecule has 3 atom stereocenters. The summed E-state index contributed by atoms with van der Waals surface area (Å²) >= 11 is 0. The highest BCUT2D eigenvalue weighted by molar-refractivity contribution is 5.85. The van der Waals surface area contributed by atoms with Gasteiger partial charge in [0.25, 0.3) is 0 Å². The van der Waals surface area contributed by atoms with Crippen molar-refractivity contribution in [2.24, 2.45) is 5.92 Å². The largest absolute Gasteiger partial charge is 0.491 e. The second kappa shape index (κ2) is 10.8. The molecular weight excluding hydrogens is 465 g/mol. The maximum Gasteiger partial charge on any atom is 0.150 e. The molecule has 8 heteroatoms. The topological polar surface area (TPSA) is 44.4 Å². The zero-order chi connectivity index (χ0) is 26.0. The van der Waals surface area contributed by atoms with Crippen LogP contribution in [0, 0.1) is 11.7 Å². The van der Waals surface area contributed by atoms with Crippen molar-refractivity contribution < 1.29 is 19.3 Å². The molecule has 4 rings (SSSR count). The van der Waals surface area contributed by atoms with E-state index >= 15 is 4.39 Å². The number of alkyl halides is 2. The van der Waals surface area contributed by atoms with Gasteiger partial charge in [-0.25, -0.2) is 8.78 Å². The van der Waals surface area contributed by atoms with E-state index in [1.807, 2.05) is 42.0 Å². The van der Waals surface area contributed by atoms with Gasteiger partial charge in [-0.1, -0.05) is 25.1 Å². The molecule has 0 amide bonds. The average molecular weight is 505 g/mol. The summed E-state index contributed by atoms with van der Waals surface area (Å²) in [5.74, 6) is -0.198. The molecular formula is C28H39F3N4O. The molecule has 2 aromatic heterocycles. The molecule has 0 aliphatic carbocycles. The normalized spacial score (nSPS) is 19.6. The minimum absolute atomic E-state index is 0. The van der Waals surface area contributed by atoms with Gasteiger partial charge in [0.1, 0.15) is 23.8 Å². The summed E-state index contributed by atoms with van der Waals surface area (Å²) in [6.45, 7) is 8.34. The number of ether oxygens (including phenoxy) is 1. The van der Waals surface area contributed by atoms with E-state index in [4.69, 9.17) is 4.74 Å². The van der Waals surface area contributed by atoms with E-state index in [0.29, 0.717) is 25.4 Å². The minimum Gasteiger partial charge on any atom is -0.491 e. The number of halogens is 3. The molecule has 198 valence electrons. The molecule has 1 N–H and O–H groups in total. The third-order valence-electron chi connectivity index (χ3n) is 6.81. The number of hydrogen-bond donors (Lipinski definition) is 1. The smallest absolute Gasteiger partial charge is 0.150 e. The van der Waals surface area contributed by atoms with Crippen LogP contribution in [0.1, 0.15) is 52.1 Å². The summed E-state index contributed by atoms with van der Waals surface area (Å²) in [7, 11) is 1.90. The Morgan fingerprint density at radius 3 is 2.78 bits per heavy atom. The fourth-order valence-electron chi connectivity index (χ4n) is 5.18. The average Bonchev–Trinajstić information content (AvgIpc) is 3.17. The summed E-state index contributed by atoms with van der Waals surface area (Å²) in [6.07, 6.45) is 2.27. The third-order valence-corrected chi connectivity index (χ3v) is 6.81. The van der Waals surface area contributed by atoms with Crippen molar-refractivity contribution >= 4 is 10.9 Å². The lowest BCUT2D eigenvalue weighted by Crippen LogP contribution is -2.48. The highest BCUT2D eigenvalue weighted by Crippen LogP contribution is 2.42. The lowest BCUT2D eigenvalue weighted by molar-refractivity contribution is 0.0640. The van der Waals surface area contributed by atoms with Gasteiger partial charge in [0.05, 0.1) is 24.6 Å². The number of H-pyrrole nitrogens is 1. The zero-order valence-electron chi connectivity index (χ0n) is 21.8. The third kappa shape index (κ3) is 5.86. The minimum atomic E-state index is -1.46. The van der Waals surface area contributed by atoms with Crippen LogP contribution < -0.4 is 4.74 Å². The maximum absolute atomic E-state index is 15.6. The molecule has 0 spiro atoms. The Labute approximate surface area is 213 Å². The Morgan fingerprint density at radius 2 is 2.08 bits per heavy atom. The summed E-state index contributed by atoms with van der Waals surface area (Å²) in [6, 6.07) is 8.83. The lowest BCUT2D eigenvalue weighted by Gasteiger charge is -2.42. The summed E-state index contributed by atoms with van der Waals surface area (Å²) in [4.78, 5) is 12.0. The van der Waals surface area contributed by atoms with Crippen molar-refractivity contribution in [2.45, 2.75) is 51.9 Å². The summed E-state index contributed by atoms with van der Waals surface area (Å²) in [5.41, 5.74) is 1.76. The van der Waals surface area contributed by atoms with Crippen LogP contribution in [-0.4, -0.2) is 71.4 Å². The number of hydrogen-bond acceptors (Lipinski definition) is 4. The van der Waals surface area contributed by atoms with Crippen LogP contribution in [0.2, 0.25) is 0 Å². The Bertz CT molecular complexity index is 1180. The molecule has 1 aliphatic rings. The fraction of sp³-hybridized carbons (Fsp3) is 0.536. The first-order valence-electron chi connectivity index (χ1n) is 12.6. The Morgan fingerprint density at radius 1 is 1.33 bits per heavy atom. The first kappa shape index (κ1) is 26.5. The molecule has 0 radical (unpaired) electrons. The van der Waals surface area contributed by atoms with E-state index < -0.39 is 17.5 Å². The quantitative estimate of drug-likeness (QED) is 0.371. The van der Waals surface area contributed by atoms with E-state index in [1.54, 1.807) is 13.8 Å². The van der Waals surface area contributed by atoms with E-state index in [0.717, 1.165) is 28.6 Å². The zero-order valence-corrected chi connectivity index (χ0v) is 21.8. The fourth-order valence-corrected chi connectivity index (χ4v) is 5.18. The first-order chi connectivity index (χ1) is 17.1. The van der Waals surface area contributed by atoms with Gasteiger partial charge in [-0.2, -0.15) is 0 Å². The van der Waals surface area contributed by atoms with Gasteiger partial charge in [0, 0.05) is 49.8 Å². The molecule has 1 aromatic carbocycles. The first-order valence-corrected chi connectivity index (χ1v) is 12.6. The molecule has 0 bridgehead atoms. The predicted molar refractivity (Wildman–Crippen MR) is 140 cm³/mol. The predicted octanol–water partition coefficient (Wildman–Crippen LogP) is 5.95. The molecule has 0 fully saturated rings. The molecule has 3 aromatic rings. The Kier molecular flexibility index (Phi) is 7.95. The number of aromatic nitrogens is 2. The highest BCUT2D eigenvalue weighted by atomic mass is 19.1. The molecule has 5 nitrogen and oxygen atoms in total. The second-order valence-electron chi connectivity index (χ2n) is 10.8. The van der Waals surface area contributed by atoms with Crippen molar-refractivity contribution in [1.82, 2.24) is 19.8 Å². The number of nitrogens with one attached hydrogen (secondary N) is 1. The van der Waals surface area contributed by atoms with Gasteiger partial charge in [0.15, 0.2) is 0 Å². The second-order valence-corrected chi connectivity index (χ2v) is 10.8. The van der Waals surface area contributed by atoms with Crippen molar-refractivity contribution in [2.75, 3.05) is 40.0 Å².